The molecule has 0 aliphatic rings. The van der Waals surface area contributed by atoms with E-state index in [4.69, 9.17) is 0 Å². The zero-order valence-corrected chi connectivity index (χ0v) is 13.2. The molecular weight excluding hydrogens is 309 g/mol. The van der Waals surface area contributed by atoms with Gasteiger partial charge in [-0.1, -0.05) is 12.1 Å². The predicted molar refractivity (Wildman–Crippen MR) is 79.7 cm³/mol. The molecule has 0 aliphatic carbocycles. The van der Waals surface area contributed by atoms with Gasteiger partial charge in [-0.2, -0.15) is 5.10 Å². The van der Waals surface area contributed by atoms with Crippen molar-refractivity contribution in [1.82, 2.24) is 14.5 Å². The van der Waals surface area contributed by atoms with Gasteiger partial charge in [0.05, 0.1) is 18.4 Å². The van der Waals surface area contributed by atoms with Crippen LogP contribution in [0.25, 0.3) is 5.69 Å². The monoisotopic (exact) mass is 325 g/mol. The summed E-state index contributed by atoms with van der Waals surface area (Å²) in [7, 11) is -3.61. The van der Waals surface area contributed by atoms with Crippen molar-refractivity contribution >= 4 is 15.9 Å². The van der Waals surface area contributed by atoms with Crippen molar-refractivity contribution in [3.05, 3.63) is 47.0 Å². The zero-order valence-electron chi connectivity index (χ0n) is 12.4. The van der Waals surface area contributed by atoms with E-state index in [2.05, 4.69) is 5.10 Å². The minimum atomic E-state index is -3.61. The van der Waals surface area contributed by atoms with Crippen molar-refractivity contribution in [2.75, 3.05) is 6.26 Å². The molecule has 0 unspecified atom stereocenters. The molecule has 0 saturated carbocycles. The third kappa shape index (κ3) is 3.51. The highest BCUT2D eigenvalue weighted by molar-refractivity contribution is 7.89. The number of carbonyl (C=O) groups is 1. The number of aromatic nitrogens is 2. The Morgan fingerprint density at radius 3 is 2.55 bits per heavy atom. The molecule has 118 valence electrons. The highest BCUT2D eigenvalue weighted by Crippen LogP contribution is 2.20. The summed E-state index contributed by atoms with van der Waals surface area (Å²) in [5, 5.41) is 4.24. The average Bonchev–Trinajstić information content (AvgIpc) is 2.65. The van der Waals surface area contributed by atoms with Gasteiger partial charge in [0, 0.05) is 11.3 Å². The molecule has 0 radical (unpaired) electrons. The molecule has 2 rings (SSSR count). The van der Waals surface area contributed by atoms with E-state index in [-0.39, 0.29) is 12.1 Å². The summed E-state index contributed by atoms with van der Waals surface area (Å²) in [5.74, 6) is -1.08. The molecule has 0 fully saturated rings. The molecule has 1 amide bonds. The van der Waals surface area contributed by atoms with Crippen LogP contribution in [0.1, 0.15) is 17.0 Å². The Labute approximate surface area is 128 Å². The molecule has 6 nitrogen and oxygen atoms in total. The van der Waals surface area contributed by atoms with E-state index in [1.165, 1.54) is 10.7 Å². The Balaban J connectivity index is 2.36. The lowest BCUT2D eigenvalue weighted by molar-refractivity contribution is -0.118. The summed E-state index contributed by atoms with van der Waals surface area (Å²) >= 11 is 0. The minimum absolute atomic E-state index is 0.140. The van der Waals surface area contributed by atoms with Gasteiger partial charge in [-0.3, -0.25) is 9.52 Å². The highest BCUT2D eigenvalue weighted by atomic mass is 32.2. The molecule has 1 aromatic heterocycles. The zero-order chi connectivity index (χ0) is 16.5. The van der Waals surface area contributed by atoms with Crippen molar-refractivity contribution in [2.45, 2.75) is 20.3 Å². The average molecular weight is 325 g/mol. The third-order valence-electron chi connectivity index (χ3n) is 3.16. The quantitative estimate of drug-likeness (QED) is 0.917. The SMILES string of the molecule is Cc1nn(-c2ccccc2F)c(C)c1CC(=O)NS(C)(=O)=O. The highest BCUT2D eigenvalue weighted by Gasteiger charge is 2.18. The van der Waals surface area contributed by atoms with Gasteiger partial charge in [-0.25, -0.2) is 17.5 Å². The maximum atomic E-state index is 13.9. The van der Waals surface area contributed by atoms with Gasteiger partial charge >= 0.3 is 0 Å². The Kier molecular flexibility index (Phi) is 4.32. The number of hydrogen-bond donors (Lipinski definition) is 1. The van der Waals surface area contributed by atoms with Crippen LogP contribution in [0.2, 0.25) is 0 Å². The van der Waals surface area contributed by atoms with Crippen LogP contribution >= 0.6 is 0 Å². The van der Waals surface area contributed by atoms with Crippen LogP contribution in [0, 0.1) is 19.7 Å². The number of sulfonamides is 1. The fraction of sp³-hybridized carbons (Fsp3) is 0.286. The first-order valence-corrected chi connectivity index (χ1v) is 8.39. The molecule has 0 aliphatic heterocycles. The second kappa shape index (κ2) is 5.88. The number of nitrogens with one attached hydrogen (secondary N) is 1. The van der Waals surface area contributed by atoms with Crippen molar-refractivity contribution in [3.63, 3.8) is 0 Å². The van der Waals surface area contributed by atoms with Gasteiger partial charge in [0.1, 0.15) is 11.5 Å². The van der Waals surface area contributed by atoms with Gasteiger partial charge in [-0.05, 0) is 26.0 Å². The van der Waals surface area contributed by atoms with Crippen LogP contribution in [0.3, 0.4) is 0 Å². The summed E-state index contributed by atoms with van der Waals surface area (Å²) < 4.78 is 39.3. The topological polar surface area (TPSA) is 81.1 Å². The van der Waals surface area contributed by atoms with Crippen LogP contribution in [0.4, 0.5) is 4.39 Å². The first-order valence-electron chi connectivity index (χ1n) is 6.49. The van der Waals surface area contributed by atoms with Gasteiger partial charge < -0.3 is 0 Å². The van der Waals surface area contributed by atoms with E-state index >= 15 is 0 Å². The number of carbonyl (C=O) groups excluding carboxylic acids is 1. The molecule has 1 heterocycles. The number of nitrogens with zero attached hydrogens (tertiary/aromatic N) is 2. The van der Waals surface area contributed by atoms with Crippen LogP contribution in [-0.4, -0.2) is 30.4 Å². The van der Waals surface area contributed by atoms with Crippen LogP contribution in [-0.2, 0) is 21.2 Å². The number of benzene rings is 1. The Morgan fingerprint density at radius 1 is 1.32 bits per heavy atom. The summed E-state index contributed by atoms with van der Waals surface area (Å²) in [6, 6.07) is 6.16. The maximum absolute atomic E-state index is 13.9. The second-order valence-corrected chi connectivity index (χ2v) is 6.74. The molecule has 0 spiro atoms. The number of para-hydroxylation sites is 1. The summed E-state index contributed by atoms with van der Waals surface area (Å²) in [6.45, 7) is 3.39. The van der Waals surface area contributed by atoms with E-state index < -0.39 is 21.7 Å². The largest absolute Gasteiger partial charge is 0.274 e. The normalized spacial score (nSPS) is 11.5. The molecular formula is C14H16FN3O3S. The molecule has 22 heavy (non-hydrogen) atoms. The number of aryl methyl sites for hydroxylation is 1. The third-order valence-corrected chi connectivity index (χ3v) is 3.76. The lowest BCUT2D eigenvalue weighted by Gasteiger charge is -2.06. The van der Waals surface area contributed by atoms with Gasteiger partial charge in [-0.15, -0.1) is 0 Å². The van der Waals surface area contributed by atoms with E-state index in [1.54, 1.807) is 32.0 Å². The van der Waals surface area contributed by atoms with Crippen molar-refractivity contribution < 1.29 is 17.6 Å². The summed E-state index contributed by atoms with van der Waals surface area (Å²) in [6.07, 6.45) is 0.770. The smallest absolute Gasteiger partial charge is 0.237 e. The van der Waals surface area contributed by atoms with E-state index in [1.807, 2.05) is 4.72 Å². The van der Waals surface area contributed by atoms with Gasteiger partial charge in [0.15, 0.2) is 0 Å². The first kappa shape index (κ1) is 16.2. The fourth-order valence-electron chi connectivity index (χ4n) is 2.19. The summed E-state index contributed by atoms with van der Waals surface area (Å²) in [5.41, 5.74) is 1.98. The van der Waals surface area contributed by atoms with Gasteiger partial charge in [0.2, 0.25) is 15.9 Å². The number of amides is 1. The molecule has 2 aromatic rings. The molecule has 0 bridgehead atoms. The van der Waals surface area contributed by atoms with Crippen LogP contribution in [0.5, 0.6) is 0 Å². The Bertz CT molecular complexity index is 828. The molecule has 1 N–H and O–H groups in total. The van der Waals surface area contributed by atoms with Crippen LogP contribution in [0.15, 0.2) is 24.3 Å². The van der Waals surface area contributed by atoms with Crippen molar-refractivity contribution in [2.24, 2.45) is 0 Å². The molecule has 0 saturated heterocycles. The molecule has 8 heteroatoms. The predicted octanol–water partition coefficient (Wildman–Crippen LogP) is 1.25. The Morgan fingerprint density at radius 2 is 1.95 bits per heavy atom. The molecule has 1 aromatic carbocycles. The van der Waals surface area contributed by atoms with E-state index in [0.29, 0.717) is 17.0 Å². The summed E-state index contributed by atoms with van der Waals surface area (Å²) in [4.78, 5) is 11.7. The minimum Gasteiger partial charge on any atom is -0.274 e. The fourth-order valence-corrected chi connectivity index (χ4v) is 2.68. The number of halogens is 1. The van der Waals surface area contributed by atoms with Crippen molar-refractivity contribution in [3.8, 4) is 5.69 Å². The maximum Gasteiger partial charge on any atom is 0.237 e. The lowest BCUT2D eigenvalue weighted by atomic mass is 10.1. The van der Waals surface area contributed by atoms with Gasteiger partial charge in [0.25, 0.3) is 0 Å². The Hall–Kier alpha value is -2.22. The van der Waals surface area contributed by atoms with Crippen molar-refractivity contribution in [1.29, 1.82) is 0 Å². The van der Waals surface area contributed by atoms with Crippen LogP contribution < -0.4 is 4.72 Å². The second-order valence-electron chi connectivity index (χ2n) is 4.99. The van der Waals surface area contributed by atoms with E-state index in [9.17, 15) is 17.6 Å². The number of hydrogen-bond acceptors (Lipinski definition) is 4. The lowest BCUT2D eigenvalue weighted by Crippen LogP contribution is -2.30. The number of rotatable bonds is 4. The first-order chi connectivity index (χ1) is 10.2. The van der Waals surface area contributed by atoms with E-state index in [0.717, 1.165) is 6.26 Å². The molecule has 0 atom stereocenters. The standard InChI is InChI=1S/C14H16FN3O3S/c1-9-11(8-14(19)17-22(3,20)21)10(2)18(16-9)13-7-5-4-6-12(13)15/h4-7H,8H2,1-3H3,(H,17,19).